The molecule has 0 aliphatic carbocycles. The number of rotatable bonds is 7. The fourth-order valence-electron chi connectivity index (χ4n) is 3.68. The second-order valence-corrected chi connectivity index (χ2v) is 8.22. The Kier molecular flexibility index (Phi) is 6.69. The molecule has 1 unspecified atom stereocenters. The minimum Gasteiger partial charge on any atom is -0.497 e. The molecule has 0 saturated carbocycles. The van der Waals surface area contributed by atoms with E-state index < -0.39 is 18.5 Å². The molecule has 3 aromatic rings. The second-order valence-electron chi connectivity index (χ2n) is 7.44. The topological polar surface area (TPSA) is 93.1 Å². The maximum Gasteiger partial charge on any atom is 0.343 e. The summed E-state index contributed by atoms with van der Waals surface area (Å²) in [4.78, 5) is 25.7. The fourth-order valence-corrected chi connectivity index (χ4v) is 4.41. The van der Waals surface area contributed by atoms with Crippen molar-refractivity contribution in [2.45, 2.75) is 19.4 Å². The third kappa shape index (κ3) is 4.73. The minimum atomic E-state index is -0.591. The summed E-state index contributed by atoms with van der Waals surface area (Å²) >= 11 is 1.17. The number of anilines is 1. The summed E-state index contributed by atoms with van der Waals surface area (Å²) in [6.45, 7) is 1.31. The van der Waals surface area contributed by atoms with Gasteiger partial charge in [0, 0.05) is 13.5 Å². The monoisotopic (exact) mass is 464 g/mol. The number of hydrazone groups is 1. The average molecular weight is 465 g/mol. The van der Waals surface area contributed by atoms with Crippen LogP contribution in [0, 0.1) is 6.92 Å². The van der Waals surface area contributed by atoms with Crippen molar-refractivity contribution in [1.82, 2.24) is 9.38 Å². The van der Waals surface area contributed by atoms with Gasteiger partial charge < -0.3 is 14.8 Å². The lowest BCUT2D eigenvalue weighted by molar-refractivity contribution is -0.136. The van der Waals surface area contributed by atoms with Gasteiger partial charge in [0.25, 0.3) is 5.91 Å². The maximum absolute atomic E-state index is 13.1. The molecule has 1 atom stereocenters. The summed E-state index contributed by atoms with van der Waals surface area (Å²) in [6.07, 6.45) is 0.549. The molecule has 1 aliphatic heterocycles. The van der Waals surface area contributed by atoms with Crippen LogP contribution >= 0.6 is 11.5 Å². The Balaban J connectivity index is 1.55. The zero-order valence-electron chi connectivity index (χ0n) is 18.6. The Labute approximate surface area is 196 Å². The van der Waals surface area contributed by atoms with E-state index in [1.54, 1.807) is 21.1 Å². The van der Waals surface area contributed by atoms with E-state index in [1.807, 2.05) is 54.6 Å². The van der Waals surface area contributed by atoms with Crippen molar-refractivity contribution in [3.05, 3.63) is 77.0 Å². The first kappa shape index (κ1) is 22.5. The Bertz CT molecular complexity index is 1170. The molecule has 0 saturated heterocycles. The summed E-state index contributed by atoms with van der Waals surface area (Å²) in [7, 11) is 3.31. The van der Waals surface area contributed by atoms with Gasteiger partial charge in [0.1, 0.15) is 16.3 Å². The van der Waals surface area contributed by atoms with Crippen molar-refractivity contribution in [3.63, 3.8) is 0 Å². The first-order chi connectivity index (χ1) is 16.0. The van der Waals surface area contributed by atoms with Gasteiger partial charge in [-0.15, -0.1) is 0 Å². The van der Waals surface area contributed by atoms with Gasteiger partial charge in [0.05, 0.1) is 24.6 Å². The number of hydrogen-bond acceptors (Lipinski definition) is 8. The van der Waals surface area contributed by atoms with Gasteiger partial charge in [-0.2, -0.15) is 9.47 Å². The standard InChI is InChI=1S/C24H24N4O4S/c1-15-22(23(25-2)33-27-15)24(30)32-14-21(29)28-20(17-9-11-18(31-3)12-10-17)13-19(26-28)16-7-5-4-6-8-16/h4-12,20,25H,13-14H2,1-3H3. The van der Waals surface area contributed by atoms with Gasteiger partial charge in [-0.05, 0) is 41.7 Å². The van der Waals surface area contributed by atoms with Crippen LogP contribution in [-0.2, 0) is 9.53 Å². The third-order valence-corrected chi connectivity index (χ3v) is 6.35. The van der Waals surface area contributed by atoms with Gasteiger partial charge in [-0.25, -0.2) is 9.80 Å². The molecule has 1 aromatic heterocycles. The quantitative estimate of drug-likeness (QED) is 0.531. The van der Waals surface area contributed by atoms with Crippen LogP contribution in [0.3, 0.4) is 0 Å². The Hall–Kier alpha value is -3.72. The molecule has 9 heteroatoms. The van der Waals surface area contributed by atoms with Crippen LogP contribution in [0.4, 0.5) is 5.00 Å². The molecule has 2 aromatic carbocycles. The van der Waals surface area contributed by atoms with E-state index in [-0.39, 0.29) is 6.04 Å². The van der Waals surface area contributed by atoms with Crippen molar-refractivity contribution in [1.29, 1.82) is 0 Å². The van der Waals surface area contributed by atoms with Crippen molar-refractivity contribution >= 4 is 34.1 Å². The Morgan fingerprint density at radius 2 is 1.88 bits per heavy atom. The van der Waals surface area contributed by atoms with Gasteiger partial charge in [-0.3, -0.25) is 4.79 Å². The molecule has 4 rings (SSSR count). The van der Waals surface area contributed by atoms with Gasteiger partial charge in [-0.1, -0.05) is 42.5 Å². The van der Waals surface area contributed by atoms with Crippen LogP contribution in [0.15, 0.2) is 59.7 Å². The summed E-state index contributed by atoms with van der Waals surface area (Å²) in [5.41, 5.74) is 3.56. The zero-order chi connectivity index (χ0) is 23.4. The maximum atomic E-state index is 13.1. The molecular formula is C24H24N4O4S. The number of carbonyl (C=O) groups is 2. The lowest BCUT2D eigenvalue weighted by atomic mass is 9.98. The highest BCUT2D eigenvalue weighted by molar-refractivity contribution is 7.10. The molecule has 8 nitrogen and oxygen atoms in total. The number of methoxy groups -OCH3 is 1. The Morgan fingerprint density at radius 1 is 1.15 bits per heavy atom. The van der Waals surface area contributed by atoms with Gasteiger partial charge >= 0.3 is 5.97 Å². The van der Waals surface area contributed by atoms with Gasteiger partial charge in [0.15, 0.2) is 6.61 Å². The molecular weight excluding hydrogens is 440 g/mol. The third-order valence-electron chi connectivity index (χ3n) is 5.39. The van der Waals surface area contributed by atoms with Gasteiger partial charge in [0.2, 0.25) is 0 Å². The van der Waals surface area contributed by atoms with E-state index in [1.165, 1.54) is 16.5 Å². The highest BCUT2D eigenvalue weighted by atomic mass is 32.1. The molecule has 0 radical (unpaired) electrons. The molecule has 0 spiro atoms. The van der Waals surface area contributed by atoms with Crippen molar-refractivity contribution in [2.24, 2.45) is 5.10 Å². The first-order valence-corrected chi connectivity index (χ1v) is 11.2. The molecule has 170 valence electrons. The number of benzene rings is 2. The summed E-state index contributed by atoms with van der Waals surface area (Å²) < 4.78 is 14.8. The molecule has 0 bridgehead atoms. The number of aromatic nitrogens is 1. The van der Waals surface area contributed by atoms with Crippen LogP contribution in [0.1, 0.15) is 39.6 Å². The van der Waals surface area contributed by atoms with E-state index in [2.05, 4.69) is 14.8 Å². The number of nitrogens with zero attached hydrogens (tertiary/aromatic N) is 3. The predicted octanol–water partition coefficient (Wildman–Crippen LogP) is 4.04. The average Bonchev–Trinajstić information content (AvgIpc) is 3.47. The highest BCUT2D eigenvalue weighted by Crippen LogP contribution is 2.34. The Morgan fingerprint density at radius 3 is 2.55 bits per heavy atom. The smallest absolute Gasteiger partial charge is 0.343 e. The lowest BCUT2D eigenvalue weighted by Gasteiger charge is -2.22. The number of carbonyl (C=O) groups excluding carboxylic acids is 2. The highest BCUT2D eigenvalue weighted by Gasteiger charge is 2.34. The van der Waals surface area contributed by atoms with E-state index in [0.29, 0.717) is 22.7 Å². The number of hydrogen-bond donors (Lipinski definition) is 1. The first-order valence-electron chi connectivity index (χ1n) is 10.4. The molecule has 0 fully saturated rings. The summed E-state index contributed by atoms with van der Waals surface area (Å²) in [5, 5.41) is 9.55. The minimum absolute atomic E-state index is 0.310. The summed E-state index contributed by atoms with van der Waals surface area (Å²) in [5.74, 6) is -0.263. The largest absolute Gasteiger partial charge is 0.497 e. The number of esters is 1. The fraction of sp³-hybridized carbons (Fsp3) is 0.250. The van der Waals surface area contributed by atoms with Crippen molar-refractivity contribution in [2.75, 3.05) is 26.1 Å². The number of amides is 1. The van der Waals surface area contributed by atoms with Crippen LogP contribution in [-0.4, -0.2) is 47.7 Å². The van der Waals surface area contributed by atoms with Crippen molar-refractivity contribution in [3.8, 4) is 5.75 Å². The molecule has 33 heavy (non-hydrogen) atoms. The van der Waals surface area contributed by atoms with Crippen LogP contribution in [0.25, 0.3) is 0 Å². The van der Waals surface area contributed by atoms with Crippen LogP contribution in [0.2, 0.25) is 0 Å². The van der Waals surface area contributed by atoms with Crippen LogP contribution < -0.4 is 10.1 Å². The predicted molar refractivity (Wildman–Crippen MR) is 127 cm³/mol. The number of nitrogens with one attached hydrogen (secondary N) is 1. The molecule has 1 amide bonds. The molecule has 1 N–H and O–H groups in total. The number of aryl methyl sites for hydroxylation is 1. The molecule has 2 heterocycles. The summed E-state index contributed by atoms with van der Waals surface area (Å²) in [6, 6.07) is 16.9. The lowest BCUT2D eigenvalue weighted by Crippen LogP contribution is -2.31. The normalized spacial score (nSPS) is 15.2. The molecule has 1 aliphatic rings. The van der Waals surface area contributed by atoms with Crippen LogP contribution in [0.5, 0.6) is 5.75 Å². The van der Waals surface area contributed by atoms with E-state index >= 15 is 0 Å². The zero-order valence-corrected chi connectivity index (χ0v) is 19.4. The van der Waals surface area contributed by atoms with Crippen molar-refractivity contribution < 1.29 is 19.1 Å². The van der Waals surface area contributed by atoms with E-state index in [4.69, 9.17) is 9.47 Å². The number of ether oxygens (including phenoxy) is 2. The SMILES string of the molecule is CNc1snc(C)c1C(=O)OCC(=O)N1N=C(c2ccccc2)CC1c1ccc(OC)cc1. The second kappa shape index (κ2) is 9.83. The van der Waals surface area contributed by atoms with E-state index in [9.17, 15) is 9.59 Å². The van der Waals surface area contributed by atoms with E-state index in [0.717, 1.165) is 22.6 Å².